The van der Waals surface area contributed by atoms with Gasteiger partial charge in [0.15, 0.2) is 0 Å². The van der Waals surface area contributed by atoms with E-state index in [4.69, 9.17) is 17.2 Å². The number of carboxylic acids is 1. The van der Waals surface area contributed by atoms with E-state index in [0.717, 1.165) is 0 Å². The standard InChI is InChI=1S/C35H54N10O11S/c1-19(35(55)56)39-33(53)26-11-7-13-45(26)34(54)21(10-5-6-12-36)41-31(51)24(17-46)43-29(49)22(14-20-8-3-2-4-9-20)42-32(52)25(18-57)44-30(50)23(15-27(38)47)40-28(48)16-37/h2-4,8-9,19,21-26,46,57H,5-7,10-18,36-37H2,1H3,(H2,38,47)(H,39,53)(H,40,48)(H,41,51)(H,42,52)(H,43,49)(H,44,50)(H,55,56)/t19-,21-,22-,23-,24-,25-,26-/m0/s1. The van der Waals surface area contributed by atoms with Gasteiger partial charge in [0.2, 0.25) is 47.3 Å². The number of aliphatic hydroxyl groups is 1. The van der Waals surface area contributed by atoms with Crippen LogP contribution in [0.4, 0.5) is 0 Å². The number of rotatable bonds is 24. The van der Waals surface area contributed by atoms with Crippen LogP contribution in [0.2, 0.25) is 0 Å². The highest BCUT2D eigenvalue weighted by atomic mass is 32.1. The summed E-state index contributed by atoms with van der Waals surface area (Å²) >= 11 is 4.13. The Bertz CT molecular complexity index is 1590. The summed E-state index contributed by atoms with van der Waals surface area (Å²) < 4.78 is 0. The molecule has 316 valence electrons. The molecule has 1 saturated heterocycles. The monoisotopic (exact) mass is 822 g/mol. The number of aliphatic hydroxyl groups excluding tert-OH is 1. The van der Waals surface area contributed by atoms with Crippen molar-refractivity contribution in [3.63, 3.8) is 0 Å². The van der Waals surface area contributed by atoms with Gasteiger partial charge < -0.3 is 64.2 Å². The fourth-order valence-corrected chi connectivity index (χ4v) is 6.08. The van der Waals surface area contributed by atoms with Crippen molar-refractivity contribution in [2.75, 3.05) is 32.0 Å². The number of unbranched alkanes of at least 4 members (excludes halogenated alkanes) is 1. The third kappa shape index (κ3) is 15.6. The first-order valence-corrected chi connectivity index (χ1v) is 19.0. The molecule has 0 bridgehead atoms. The average molecular weight is 823 g/mol. The molecule has 1 aliphatic heterocycles. The molecule has 0 saturated carbocycles. The number of nitrogens with two attached hydrogens (primary N) is 3. The van der Waals surface area contributed by atoms with Gasteiger partial charge in [-0.25, -0.2) is 0 Å². The lowest BCUT2D eigenvalue weighted by molar-refractivity contribution is -0.144. The van der Waals surface area contributed by atoms with Crippen LogP contribution in [0.3, 0.4) is 0 Å². The number of hydrogen-bond donors (Lipinski definition) is 12. The molecule has 57 heavy (non-hydrogen) atoms. The van der Waals surface area contributed by atoms with Gasteiger partial charge in [-0.1, -0.05) is 30.3 Å². The summed E-state index contributed by atoms with van der Waals surface area (Å²) in [5, 5.41) is 33.9. The molecule has 7 atom stereocenters. The van der Waals surface area contributed by atoms with Crippen molar-refractivity contribution in [1.82, 2.24) is 36.8 Å². The van der Waals surface area contributed by atoms with E-state index in [0.29, 0.717) is 24.8 Å². The molecule has 2 rings (SSSR count). The van der Waals surface area contributed by atoms with E-state index in [2.05, 4.69) is 44.5 Å². The molecular formula is C35H54N10O11S. The predicted octanol–water partition coefficient (Wildman–Crippen LogP) is -4.88. The molecule has 14 N–H and O–H groups in total. The molecule has 0 spiro atoms. The Hall–Kier alpha value is -5.32. The molecule has 1 aromatic carbocycles. The van der Waals surface area contributed by atoms with Gasteiger partial charge >= 0.3 is 5.97 Å². The SMILES string of the molecule is C[C@H](NC(=O)[C@@H]1CCCN1C(=O)[C@H](CCCCN)NC(=O)[C@H](CO)NC(=O)[C@H](Cc1ccccc1)NC(=O)[C@H](CS)NC(=O)[C@H](CC(N)=O)NC(=O)CN)C(=O)O. The normalized spacial score (nSPS) is 16.7. The minimum Gasteiger partial charge on any atom is -0.480 e. The molecule has 1 heterocycles. The Labute approximate surface area is 334 Å². The minimum absolute atomic E-state index is 0.0873. The zero-order valence-corrected chi connectivity index (χ0v) is 32.5. The van der Waals surface area contributed by atoms with E-state index in [1.165, 1.54) is 11.8 Å². The Kier molecular flexibility index (Phi) is 20.4. The van der Waals surface area contributed by atoms with Gasteiger partial charge in [-0.2, -0.15) is 12.6 Å². The molecule has 0 radical (unpaired) electrons. The predicted molar refractivity (Wildman–Crippen MR) is 206 cm³/mol. The Morgan fingerprint density at radius 1 is 0.807 bits per heavy atom. The maximum absolute atomic E-state index is 13.8. The van der Waals surface area contributed by atoms with Gasteiger partial charge in [-0.15, -0.1) is 0 Å². The van der Waals surface area contributed by atoms with E-state index in [1.54, 1.807) is 30.3 Å². The molecule has 1 aliphatic rings. The van der Waals surface area contributed by atoms with Gasteiger partial charge in [0.25, 0.3) is 0 Å². The number of carboxylic acid groups (broad SMARTS) is 1. The van der Waals surface area contributed by atoms with E-state index in [-0.39, 0.29) is 38.1 Å². The number of carbonyl (C=O) groups excluding carboxylic acids is 8. The first kappa shape index (κ1) is 47.8. The molecule has 1 aromatic rings. The highest BCUT2D eigenvalue weighted by Gasteiger charge is 2.39. The van der Waals surface area contributed by atoms with Crippen molar-refractivity contribution in [2.45, 2.75) is 94.2 Å². The van der Waals surface area contributed by atoms with Crippen molar-refractivity contribution in [2.24, 2.45) is 17.2 Å². The summed E-state index contributed by atoms with van der Waals surface area (Å²) in [7, 11) is 0. The van der Waals surface area contributed by atoms with Crippen molar-refractivity contribution in [1.29, 1.82) is 0 Å². The van der Waals surface area contributed by atoms with Crippen molar-refractivity contribution >= 4 is 65.9 Å². The Morgan fingerprint density at radius 3 is 1.96 bits per heavy atom. The number of benzene rings is 1. The molecule has 0 unspecified atom stereocenters. The topological polar surface area (TPSA) is 348 Å². The highest BCUT2D eigenvalue weighted by Crippen LogP contribution is 2.20. The van der Waals surface area contributed by atoms with E-state index in [9.17, 15) is 53.4 Å². The maximum Gasteiger partial charge on any atom is 0.325 e. The summed E-state index contributed by atoms with van der Waals surface area (Å²) in [5.74, 6) is -8.31. The minimum atomic E-state index is -1.63. The zero-order valence-electron chi connectivity index (χ0n) is 31.6. The van der Waals surface area contributed by atoms with Gasteiger partial charge in [-0.3, -0.25) is 43.2 Å². The van der Waals surface area contributed by atoms with Gasteiger partial charge in [0, 0.05) is 18.7 Å². The van der Waals surface area contributed by atoms with Crippen LogP contribution in [0.25, 0.3) is 0 Å². The third-order valence-corrected chi connectivity index (χ3v) is 9.28. The van der Waals surface area contributed by atoms with Crippen LogP contribution in [0.1, 0.15) is 51.0 Å². The molecule has 21 nitrogen and oxygen atoms in total. The molecule has 8 amide bonds. The Balaban J connectivity index is 2.28. The third-order valence-electron chi connectivity index (χ3n) is 8.92. The smallest absolute Gasteiger partial charge is 0.325 e. The van der Waals surface area contributed by atoms with Gasteiger partial charge in [0.05, 0.1) is 19.6 Å². The quantitative estimate of drug-likeness (QED) is 0.0344. The number of nitrogens with zero attached hydrogens (tertiary/aromatic N) is 1. The van der Waals surface area contributed by atoms with Crippen LogP contribution in [-0.2, 0) is 49.6 Å². The highest BCUT2D eigenvalue weighted by molar-refractivity contribution is 7.80. The fourth-order valence-electron chi connectivity index (χ4n) is 5.82. The number of primary amides is 1. The summed E-state index contributed by atoms with van der Waals surface area (Å²) in [4.78, 5) is 116. The number of likely N-dealkylation sites (tertiary alicyclic amines) is 1. The summed E-state index contributed by atoms with van der Waals surface area (Å²) in [6.07, 6.45) is 0.930. The molecule has 22 heteroatoms. The summed E-state index contributed by atoms with van der Waals surface area (Å²) in [6, 6.07) is -0.901. The molecule has 0 aromatic heterocycles. The van der Waals surface area contributed by atoms with Gasteiger partial charge in [0.1, 0.15) is 42.3 Å². The molecule has 1 fully saturated rings. The summed E-state index contributed by atoms with van der Waals surface area (Å²) in [6.45, 7) is 0.298. The zero-order chi connectivity index (χ0) is 42.7. The lowest BCUT2D eigenvalue weighted by Gasteiger charge is -2.30. The van der Waals surface area contributed by atoms with Crippen molar-refractivity contribution < 1.29 is 53.4 Å². The van der Waals surface area contributed by atoms with Crippen LogP contribution in [-0.4, -0.2) is 143 Å². The number of hydrogen-bond acceptors (Lipinski definition) is 13. The second-order valence-electron chi connectivity index (χ2n) is 13.3. The van der Waals surface area contributed by atoms with Crippen molar-refractivity contribution in [3.8, 4) is 0 Å². The van der Waals surface area contributed by atoms with Crippen LogP contribution in [0.15, 0.2) is 30.3 Å². The fraction of sp³-hybridized carbons (Fsp3) is 0.571. The second kappa shape index (κ2) is 24.3. The largest absolute Gasteiger partial charge is 0.480 e. The van der Waals surface area contributed by atoms with Crippen LogP contribution < -0.4 is 49.1 Å². The lowest BCUT2D eigenvalue weighted by Crippen LogP contribution is -2.61. The number of amides is 8. The second-order valence-corrected chi connectivity index (χ2v) is 13.7. The van der Waals surface area contributed by atoms with Crippen LogP contribution >= 0.6 is 12.6 Å². The first-order valence-electron chi connectivity index (χ1n) is 18.3. The average Bonchev–Trinajstić information content (AvgIpc) is 3.68. The maximum atomic E-state index is 13.8. The number of nitrogens with one attached hydrogen (secondary N) is 6. The number of aliphatic carboxylic acids is 1. The number of carbonyl (C=O) groups is 9. The van der Waals surface area contributed by atoms with E-state index in [1.807, 2.05) is 0 Å². The lowest BCUT2D eigenvalue weighted by atomic mass is 10.0. The van der Waals surface area contributed by atoms with Gasteiger partial charge in [-0.05, 0) is 51.1 Å². The molecular weight excluding hydrogens is 769 g/mol. The van der Waals surface area contributed by atoms with Crippen LogP contribution in [0.5, 0.6) is 0 Å². The first-order chi connectivity index (χ1) is 27.1. The van der Waals surface area contributed by atoms with E-state index < -0.39 is 115 Å². The molecule has 0 aliphatic carbocycles. The summed E-state index contributed by atoms with van der Waals surface area (Å²) in [5.41, 5.74) is 16.7. The number of thiol groups is 1. The van der Waals surface area contributed by atoms with Crippen LogP contribution in [0, 0.1) is 0 Å². The van der Waals surface area contributed by atoms with E-state index >= 15 is 0 Å². The Morgan fingerprint density at radius 2 is 1.39 bits per heavy atom. The van der Waals surface area contributed by atoms with Crippen molar-refractivity contribution in [3.05, 3.63) is 35.9 Å².